The zero-order chi connectivity index (χ0) is 12.8. The van der Waals surface area contributed by atoms with Gasteiger partial charge in [-0.25, -0.2) is 4.79 Å². The van der Waals surface area contributed by atoms with Crippen molar-refractivity contribution in [3.05, 3.63) is 12.7 Å². The second-order valence-electron chi connectivity index (χ2n) is 5.63. The summed E-state index contributed by atoms with van der Waals surface area (Å²) in [5, 5.41) is 0. The van der Waals surface area contributed by atoms with Gasteiger partial charge in [-0.1, -0.05) is 6.08 Å². The molecule has 0 aliphatic rings. The van der Waals surface area contributed by atoms with Crippen LogP contribution in [-0.4, -0.2) is 11.6 Å². The Bertz CT molecular complexity index is 236. The van der Waals surface area contributed by atoms with E-state index in [1.54, 1.807) is 0 Å². The summed E-state index contributed by atoms with van der Waals surface area (Å²) < 4.78 is 0. The van der Waals surface area contributed by atoms with E-state index in [4.69, 9.17) is 9.78 Å². The smallest absolute Gasteiger partial charge is 0.297 e. The first-order chi connectivity index (χ1) is 7.19. The maximum Gasteiger partial charge on any atom is 0.347 e. The average molecular weight is 228 g/mol. The van der Waals surface area contributed by atoms with Crippen molar-refractivity contribution in [1.82, 2.24) is 0 Å². The van der Waals surface area contributed by atoms with Crippen LogP contribution in [0.5, 0.6) is 0 Å². The zero-order valence-electron chi connectivity index (χ0n) is 11.1. The van der Waals surface area contributed by atoms with E-state index < -0.39 is 11.0 Å². The first-order valence-electron chi connectivity index (χ1n) is 5.70. The van der Waals surface area contributed by atoms with Crippen LogP contribution in [0.1, 0.15) is 53.9 Å². The molecule has 16 heavy (non-hydrogen) atoms. The van der Waals surface area contributed by atoms with Gasteiger partial charge in [-0.2, -0.15) is 4.89 Å². The minimum absolute atomic E-state index is 0.313. The molecule has 0 aliphatic carbocycles. The Labute approximate surface area is 98.7 Å². The fourth-order valence-corrected chi connectivity index (χ4v) is 1.07. The SMILES string of the molecule is C=CCCCC(C)(C)C(=O)OOC(C)(C)C. The lowest BCUT2D eigenvalue weighted by Crippen LogP contribution is -2.30. The second-order valence-corrected chi connectivity index (χ2v) is 5.63. The highest BCUT2D eigenvalue weighted by atomic mass is 17.2. The first kappa shape index (κ1) is 15.2. The molecule has 0 spiro atoms. The molecule has 0 aromatic rings. The zero-order valence-corrected chi connectivity index (χ0v) is 11.1. The van der Waals surface area contributed by atoms with E-state index in [2.05, 4.69) is 6.58 Å². The highest BCUT2D eigenvalue weighted by Gasteiger charge is 2.31. The van der Waals surface area contributed by atoms with E-state index in [0.717, 1.165) is 19.3 Å². The monoisotopic (exact) mass is 228 g/mol. The minimum Gasteiger partial charge on any atom is -0.297 e. The van der Waals surface area contributed by atoms with Crippen LogP contribution < -0.4 is 0 Å². The molecule has 94 valence electrons. The molecular weight excluding hydrogens is 204 g/mol. The molecule has 0 aromatic heterocycles. The molecule has 0 aliphatic heterocycles. The third kappa shape index (κ3) is 6.62. The van der Waals surface area contributed by atoms with Gasteiger partial charge in [0.25, 0.3) is 0 Å². The molecule has 0 saturated carbocycles. The van der Waals surface area contributed by atoms with Crippen molar-refractivity contribution in [2.75, 3.05) is 0 Å². The Hall–Kier alpha value is -0.830. The molecule has 0 rings (SSSR count). The second kappa shape index (κ2) is 6.04. The van der Waals surface area contributed by atoms with Crippen molar-refractivity contribution in [3.63, 3.8) is 0 Å². The largest absolute Gasteiger partial charge is 0.347 e. The molecule has 0 saturated heterocycles. The summed E-state index contributed by atoms with van der Waals surface area (Å²) in [5.41, 5.74) is -0.971. The van der Waals surface area contributed by atoms with E-state index in [1.165, 1.54) is 0 Å². The fraction of sp³-hybridized carbons (Fsp3) is 0.769. The van der Waals surface area contributed by atoms with Crippen molar-refractivity contribution in [1.29, 1.82) is 0 Å². The van der Waals surface area contributed by atoms with E-state index >= 15 is 0 Å². The van der Waals surface area contributed by atoms with Gasteiger partial charge in [-0.05, 0) is 53.9 Å². The molecule has 0 heterocycles. The number of allylic oxidation sites excluding steroid dienone is 1. The van der Waals surface area contributed by atoms with E-state index in [-0.39, 0.29) is 5.97 Å². The molecule has 0 unspecified atom stereocenters. The molecule has 0 aromatic carbocycles. The van der Waals surface area contributed by atoms with Crippen LogP contribution in [0.4, 0.5) is 0 Å². The van der Waals surface area contributed by atoms with Crippen molar-refractivity contribution < 1.29 is 14.6 Å². The van der Waals surface area contributed by atoms with Gasteiger partial charge in [0.05, 0.1) is 5.41 Å². The molecule has 0 amide bonds. The lowest BCUT2D eigenvalue weighted by atomic mass is 9.87. The van der Waals surface area contributed by atoms with Gasteiger partial charge in [0.2, 0.25) is 0 Å². The van der Waals surface area contributed by atoms with E-state index in [9.17, 15) is 4.79 Å². The third-order valence-electron chi connectivity index (χ3n) is 2.13. The number of carbonyl (C=O) groups is 1. The first-order valence-corrected chi connectivity index (χ1v) is 5.70. The number of rotatable bonds is 6. The van der Waals surface area contributed by atoms with Crippen LogP contribution in [0, 0.1) is 5.41 Å². The standard InChI is InChI=1S/C13H24O3/c1-7-8-9-10-13(5,6)11(14)15-16-12(2,3)4/h7H,1,8-10H2,2-6H3. The maximum absolute atomic E-state index is 11.7. The van der Waals surface area contributed by atoms with E-state index in [0.29, 0.717) is 0 Å². The molecule has 0 atom stereocenters. The summed E-state index contributed by atoms with van der Waals surface area (Å²) in [4.78, 5) is 21.6. The van der Waals surface area contributed by atoms with Crippen molar-refractivity contribution >= 4 is 5.97 Å². The topological polar surface area (TPSA) is 35.5 Å². The Morgan fingerprint density at radius 1 is 1.25 bits per heavy atom. The summed E-state index contributed by atoms with van der Waals surface area (Å²) >= 11 is 0. The van der Waals surface area contributed by atoms with Crippen LogP contribution in [-0.2, 0) is 14.6 Å². The van der Waals surface area contributed by atoms with Crippen LogP contribution in [0.15, 0.2) is 12.7 Å². The molecule has 0 fully saturated rings. The predicted octanol–water partition coefficient (Wildman–Crippen LogP) is 3.64. The van der Waals surface area contributed by atoms with Gasteiger partial charge >= 0.3 is 5.97 Å². The molecule has 0 radical (unpaired) electrons. The summed E-state index contributed by atoms with van der Waals surface area (Å²) in [7, 11) is 0. The molecular formula is C13H24O3. The van der Waals surface area contributed by atoms with Gasteiger partial charge in [0.1, 0.15) is 5.60 Å². The van der Waals surface area contributed by atoms with Crippen molar-refractivity contribution in [3.8, 4) is 0 Å². The lowest BCUT2D eigenvalue weighted by Gasteiger charge is -2.24. The number of unbranched alkanes of at least 4 members (excludes halogenated alkanes) is 1. The summed E-state index contributed by atoms with van der Waals surface area (Å²) in [6, 6.07) is 0. The molecule has 0 bridgehead atoms. The highest BCUT2D eigenvalue weighted by molar-refractivity contribution is 5.75. The van der Waals surface area contributed by atoms with Gasteiger partial charge in [-0.15, -0.1) is 6.58 Å². The normalized spacial score (nSPS) is 12.3. The van der Waals surface area contributed by atoms with Gasteiger partial charge in [0.15, 0.2) is 0 Å². The fourth-order valence-electron chi connectivity index (χ4n) is 1.07. The van der Waals surface area contributed by atoms with Crippen LogP contribution >= 0.6 is 0 Å². The Kier molecular flexibility index (Phi) is 5.73. The quantitative estimate of drug-likeness (QED) is 0.301. The van der Waals surface area contributed by atoms with Crippen molar-refractivity contribution in [2.45, 2.75) is 59.5 Å². The van der Waals surface area contributed by atoms with Crippen molar-refractivity contribution in [2.24, 2.45) is 5.41 Å². The summed E-state index contributed by atoms with van der Waals surface area (Å²) in [6.45, 7) is 12.9. The molecule has 0 N–H and O–H groups in total. The van der Waals surface area contributed by atoms with E-state index in [1.807, 2.05) is 40.7 Å². The Morgan fingerprint density at radius 2 is 1.81 bits per heavy atom. The summed E-state index contributed by atoms with van der Waals surface area (Å²) in [6.07, 6.45) is 4.47. The predicted molar refractivity (Wildman–Crippen MR) is 64.8 cm³/mol. The van der Waals surface area contributed by atoms with Gasteiger partial charge in [0, 0.05) is 0 Å². The van der Waals surface area contributed by atoms with Crippen LogP contribution in [0.2, 0.25) is 0 Å². The average Bonchev–Trinajstić information content (AvgIpc) is 2.13. The highest BCUT2D eigenvalue weighted by Crippen LogP contribution is 2.26. The molecule has 3 nitrogen and oxygen atoms in total. The number of carbonyl (C=O) groups excluding carboxylic acids is 1. The maximum atomic E-state index is 11.7. The Morgan fingerprint density at radius 3 is 2.25 bits per heavy atom. The number of hydrogen-bond donors (Lipinski definition) is 0. The number of hydrogen-bond acceptors (Lipinski definition) is 3. The van der Waals surface area contributed by atoms with Gasteiger partial charge in [-0.3, -0.25) is 4.89 Å². The van der Waals surface area contributed by atoms with Crippen LogP contribution in [0.3, 0.4) is 0 Å². The van der Waals surface area contributed by atoms with Gasteiger partial charge < -0.3 is 0 Å². The summed E-state index contributed by atoms with van der Waals surface area (Å²) in [5.74, 6) is -0.313. The third-order valence-corrected chi connectivity index (χ3v) is 2.13. The lowest BCUT2D eigenvalue weighted by molar-refractivity contribution is -0.326. The molecule has 3 heteroatoms. The minimum atomic E-state index is -0.506. The van der Waals surface area contributed by atoms with Crippen LogP contribution in [0.25, 0.3) is 0 Å². The Balaban J connectivity index is 4.08.